The lowest BCUT2D eigenvalue weighted by Crippen LogP contribution is -2.13. The fraction of sp³-hybridized carbons (Fsp3) is 0.607. The highest BCUT2D eigenvalue weighted by atomic mass is 19.1. The van der Waals surface area contributed by atoms with E-state index < -0.39 is 0 Å². The van der Waals surface area contributed by atoms with Crippen LogP contribution in [0.25, 0.3) is 11.3 Å². The third kappa shape index (κ3) is 5.13. The largest absolute Gasteiger partial charge is 0.256 e. The van der Waals surface area contributed by atoms with Gasteiger partial charge in [0.2, 0.25) is 0 Å². The van der Waals surface area contributed by atoms with Crippen LogP contribution in [0.15, 0.2) is 36.5 Å². The van der Waals surface area contributed by atoms with Crippen LogP contribution < -0.4 is 0 Å². The Morgan fingerprint density at radius 1 is 0.867 bits per heavy atom. The molecule has 1 nitrogen and oxygen atoms in total. The summed E-state index contributed by atoms with van der Waals surface area (Å²) < 4.78 is 15.0. The minimum absolute atomic E-state index is 0.118. The van der Waals surface area contributed by atoms with Crippen molar-refractivity contribution in [2.45, 2.75) is 96.3 Å². The van der Waals surface area contributed by atoms with Crippen molar-refractivity contribution in [1.29, 1.82) is 0 Å². The van der Waals surface area contributed by atoms with E-state index >= 15 is 0 Å². The fourth-order valence-electron chi connectivity index (χ4n) is 5.67. The molecule has 2 heteroatoms. The molecule has 0 aliphatic heterocycles. The second kappa shape index (κ2) is 10.1. The number of rotatable bonds is 6. The number of nitrogens with zero attached hydrogens (tertiary/aromatic N) is 1. The summed E-state index contributed by atoms with van der Waals surface area (Å²) in [5.74, 6) is 2.78. The minimum Gasteiger partial charge on any atom is -0.256 e. The molecule has 0 radical (unpaired) electrons. The standard InChI is InChI=1S/C28H38FN/c1-3-4-5-21-8-12-22(13-9-21)24-14-16-26(27(29)18-24)28-17-15-25(19-30-28)23-10-6-20(2)7-11-23/h14-23H,3-13H2,1-2H3/t20-,21-,22-,23-. The average Bonchev–Trinajstić information content (AvgIpc) is 2.79. The molecule has 162 valence electrons. The maximum absolute atomic E-state index is 15.0. The first-order valence-corrected chi connectivity index (χ1v) is 12.4. The van der Waals surface area contributed by atoms with E-state index in [4.69, 9.17) is 0 Å². The van der Waals surface area contributed by atoms with Crippen LogP contribution in [0.4, 0.5) is 4.39 Å². The summed E-state index contributed by atoms with van der Waals surface area (Å²) in [5, 5.41) is 0. The molecule has 2 aromatic rings. The fourth-order valence-corrected chi connectivity index (χ4v) is 5.67. The summed E-state index contributed by atoms with van der Waals surface area (Å²) in [6, 6.07) is 10.1. The van der Waals surface area contributed by atoms with Gasteiger partial charge in [-0.25, -0.2) is 4.39 Å². The molecular formula is C28H38FN. The third-order valence-electron chi connectivity index (χ3n) is 7.83. The van der Waals surface area contributed by atoms with E-state index in [9.17, 15) is 4.39 Å². The second-order valence-electron chi connectivity index (χ2n) is 10.0. The zero-order valence-corrected chi connectivity index (χ0v) is 18.9. The van der Waals surface area contributed by atoms with Crippen molar-refractivity contribution in [1.82, 2.24) is 4.98 Å². The van der Waals surface area contributed by atoms with Crippen LogP contribution in [0.1, 0.15) is 107 Å². The Hall–Kier alpha value is -1.70. The van der Waals surface area contributed by atoms with Gasteiger partial charge in [0.05, 0.1) is 5.69 Å². The van der Waals surface area contributed by atoms with Crippen LogP contribution >= 0.6 is 0 Å². The van der Waals surface area contributed by atoms with Gasteiger partial charge in [0, 0.05) is 11.8 Å². The highest BCUT2D eigenvalue weighted by Crippen LogP contribution is 2.39. The minimum atomic E-state index is -0.118. The first-order valence-electron chi connectivity index (χ1n) is 12.4. The first-order chi connectivity index (χ1) is 14.6. The highest BCUT2D eigenvalue weighted by Gasteiger charge is 2.23. The van der Waals surface area contributed by atoms with Gasteiger partial charge in [-0.2, -0.15) is 0 Å². The molecule has 0 bridgehead atoms. The lowest BCUT2D eigenvalue weighted by atomic mass is 9.77. The zero-order valence-electron chi connectivity index (χ0n) is 18.9. The number of hydrogen-bond donors (Lipinski definition) is 0. The number of pyridine rings is 1. The van der Waals surface area contributed by atoms with Gasteiger partial charge in [0.1, 0.15) is 5.82 Å². The molecule has 4 rings (SSSR count). The molecule has 1 aromatic heterocycles. The number of halogens is 1. The molecule has 2 aliphatic carbocycles. The SMILES string of the molecule is CCCC[C@H]1CC[C@H](c2ccc(-c3ccc([C@H]4CC[C@H](C)CC4)cn3)c(F)c2)CC1. The molecule has 0 amide bonds. The van der Waals surface area contributed by atoms with Crippen LogP contribution in [0.3, 0.4) is 0 Å². The van der Waals surface area contributed by atoms with Crippen molar-refractivity contribution >= 4 is 0 Å². The molecule has 0 saturated heterocycles. The number of benzene rings is 1. The van der Waals surface area contributed by atoms with Crippen molar-refractivity contribution in [3.05, 3.63) is 53.5 Å². The molecule has 0 atom stereocenters. The Morgan fingerprint density at radius 2 is 1.53 bits per heavy atom. The van der Waals surface area contributed by atoms with Gasteiger partial charge in [0.25, 0.3) is 0 Å². The third-order valence-corrected chi connectivity index (χ3v) is 7.83. The average molecular weight is 408 g/mol. The smallest absolute Gasteiger partial charge is 0.132 e. The summed E-state index contributed by atoms with van der Waals surface area (Å²) in [6.07, 6.45) is 16.2. The van der Waals surface area contributed by atoms with Crippen molar-refractivity contribution in [2.75, 3.05) is 0 Å². The van der Waals surface area contributed by atoms with Gasteiger partial charge >= 0.3 is 0 Å². The Bertz CT molecular complexity index is 796. The summed E-state index contributed by atoms with van der Waals surface area (Å²) in [7, 11) is 0. The maximum atomic E-state index is 15.0. The van der Waals surface area contributed by atoms with Gasteiger partial charge in [-0.3, -0.25) is 4.98 Å². The molecule has 1 heterocycles. The number of aromatic nitrogens is 1. The molecule has 1 aromatic carbocycles. The molecule has 0 N–H and O–H groups in total. The Kier molecular flexibility index (Phi) is 7.23. The van der Waals surface area contributed by atoms with Crippen molar-refractivity contribution in [2.24, 2.45) is 11.8 Å². The molecular weight excluding hydrogens is 369 g/mol. The monoisotopic (exact) mass is 407 g/mol. The van der Waals surface area contributed by atoms with Crippen molar-refractivity contribution in [3.63, 3.8) is 0 Å². The number of unbranched alkanes of at least 4 members (excludes halogenated alkanes) is 1. The molecule has 0 spiro atoms. The highest BCUT2D eigenvalue weighted by molar-refractivity contribution is 5.60. The summed E-state index contributed by atoms with van der Waals surface area (Å²) in [4.78, 5) is 4.64. The van der Waals surface area contributed by atoms with Gasteiger partial charge in [-0.1, -0.05) is 58.1 Å². The zero-order chi connectivity index (χ0) is 20.9. The van der Waals surface area contributed by atoms with Gasteiger partial charge in [-0.05, 0) is 91.5 Å². The topological polar surface area (TPSA) is 12.9 Å². The van der Waals surface area contributed by atoms with Crippen LogP contribution in [-0.2, 0) is 0 Å². The van der Waals surface area contributed by atoms with E-state index in [-0.39, 0.29) is 5.82 Å². The van der Waals surface area contributed by atoms with Gasteiger partial charge in [-0.15, -0.1) is 0 Å². The van der Waals surface area contributed by atoms with E-state index in [0.717, 1.165) is 17.5 Å². The van der Waals surface area contributed by atoms with E-state index in [0.29, 0.717) is 17.4 Å². The van der Waals surface area contributed by atoms with Crippen LogP contribution in [0, 0.1) is 17.7 Å². The predicted molar refractivity (Wildman–Crippen MR) is 124 cm³/mol. The van der Waals surface area contributed by atoms with Crippen LogP contribution in [0.2, 0.25) is 0 Å². The predicted octanol–water partition coefficient (Wildman–Crippen LogP) is 8.65. The maximum Gasteiger partial charge on any atom is 0.132 e. The molecule has 30 heavy (non-hydrogen) atoms. The Morgan fingerprint density at radius 3 is 2.17 bits per heavy atom. The van der Waals surface area contributed by atoms with E-state index in [1.165, 1.54) is 81.8 Å². The lowest BCUT2D eigenvalue weighted by molar-refractivity contribution is 0.304. The molecule has 2 saturated carbocycles. The van der Waals surface area contributed by atoms with E-state index in [1.807, 2.05) is 18.3 Å². The van der Waals surface area contributed by atoms with E-state index in [1.54, 1.807) is 6.07 Å². The summed E-state index contributed by atoms with van der Waals surface area (Å²) >= 11 is 0. The summed E-state index contributed by atoms with van der Waals surface area (Å²) in [5.41, 5.74) is 3.90. The van der Waals surface area contributed by atoms with Crippen LogP contribution in [-0.4, -0.2) is 4.98 Å². The normalized spacial score (nSPS) is 27.2. The molecule has 2 fully saturated rings. The van der Waals surface area contributed by atoms with E-state index in [2.05, 4.69) is 31.0 Å². The molecule has 0 unspecified atom stereocenters. The molecule has 2 aliphatic rings. The Labute approximate surface area is 182 Å². The first kappa shape index (κ1) is 21.5. The second-order valence-corrected chi connectivity index (χ2v) is 10.0. The quantitative estimate of drug-likeness (QED) is 0.467. The number of hydrogen-bond acceptors (Lipinski definition) is 1. The van der Waals surface area contributed by atoms with Crippen molar-refractivity contribution in [3.8, 4) is 11.3 Å². The Balaban J connectivity index is 1.40. The van der Waals surface area contributed by atoms with Crippen LogP contribution in [0.5, 0.6) is 0 Å². The van der Waals surface area contributed by atoms with Gasteiger partial charge < -0.3 is 0 Å². The van der Waals surface area contributed by atoms with Gasteiger partial charge in [0.15, 0.2) is 0 Å². The summed E-state index contributed by atoms with van der Waals surface area (Å²) in [6.45, 7) is 4.62. The van der Waals surface area contributed by atoms with Crippen molar-refractivity contribution < 1.29 is 4.39 Å². The lowest BCUT2D eigenvalue weighted by Gasteiger charge is -2.29.